The van der Waals surface area contributed by atoms with Crippen molar-refractivity contribution in [2.75, 3.05) is 11.9 Å². The van der Waals surface area contributed by atoms with Gasteiger partial charge in [0.2, 0.25) is 0 Å². The normalized spacial score (nSPS) is 9.58. The fourth-order valence-corrected chi connectivity index (χ4v) is 1.94. The Morgan fingerprint density at radius 3 is 3.11 bits per heavy atom. The van der Waals surface area contributed by atoms with Crippen LogP contribution < -0.4 is 11.1 Å². The van der Waals surface area contributed by atoms with Gasteiger partial charge in [-0.15, -0.1) is 0 Å². The molecule has 0 atom stereocenters. The van der Waals surface area contributed by atoms with E-state index in [0.717, 1.165) is 6.20 Å². The summed E-state index contributed by atoms with van der Waals surface area (Å²) in [6.07, 6.45) is 3.85. The van der Waals surface area contributed by atoms with Gasteiger partial charge < -0.3 is 5.73 Å². The van der Waals surface area contributed by atoms with Crippen LogP contribution in [-0.4, -0.2) is 22.4 Å². The first-order valence-electron chi connectivity index (χ1n) is 5.26. The number of thiazole rings is 1. The van der Waals surface area contributed by atoms with Gasteiger partial charge in [0.1, 0.15) is 0 Å². The fraction of sp³-hybridized carbons (Fsp3) is 0.0833. The standard InChI is InChI=1S/C12H9FN4OS/c13-10-7-15-5-3-9(10)11(18)17-12-16-6-8(19-12)2-1-4-14/h3,5-7H,4,14H2,(H,16,17,18). The van der Waals surface area contributed by atoms with Crippen molar-refractivity contribution in [3.8, 4) is 11.8 Å². The first-order valence-corrected chi connectivity index (χ1v) is 6.08. The van der Waals surface area contributed by atoms with Gasteiger partial charge in [0.25, 0.3) is 5.91 Å². The summed E-state index contributed by atoms with van der Waals surface area (Å²) in [5.41, 5.74) is 5.17. The minimum atomic E-state index is -0.681. The molecule has 3 N–H and O–H groups in total. The first kappa shape index (κ1) is 13.1. The second-order valence-electron chi connectivity index (χ2n) is 3.35. The van der Waals surface area contributed by atoms with Crippen molar-refractivity contribution in [1.82, 2.24) is 9.97 Å². The molecule has 0 radical (unpaired) electrons. The topological polar surface area (TPSA) is 80.9 Å². The number of hydrogen-bond acceptors (Lipinski definition) is 5. The quantitative estimate of drug-likeness (QED) is 0.809. The SMILES string of the molecule is NCC#Cc1cnc(NC(=O)c2ccncc2F)s1. The molecule has 2 aromatic heterocycles. The molecule has 96 valence electrons. The molecule has 2 aromatic rings. The molecule has 0 aliphatic carbocycles. The van der Waals surface area contributed by atoms with Gasteiger partial charge in [-0.25, -0.2) is 9.37 Å². The molecule has 7 heteroatoms. The minimum absolute atomic E-state index is 0.0835. The lowest BCUT2D eigenvalue weighted by atomic mass is 10.2. The van der Waals surface area contributed by atoms with Crippen molar-refractivity contribution in [3.63, 3.8) is 0 Å². The Balaban J connectivity index is 2.11. The molecule has 0 aliphatic heterocycles. The van der Waals surface area contributed by atoms with Crippen molar-refractivity contribution < 1.29 is 9.18 Å². The highest BCUT2D eigenvalue weighted by atomic mass is 32.1. The summed E-state index contributed by atoms with van der Waals surface area (Å²) in [5.74, 6) is 4.22. The Bertz CT molecular complexity index is 659. The summed E-state index contributed by atoms with van der Waals surface area (Å²) >= 11 is 1.19. The Morgan fingerprint density at radius 1 is 1.53 bits per heavy atom. The van der Waals surface area contributed by atoms with E-state index in [-0.39, 0.29) is 12.1 Å². The van der Waals surface area contributed by atoms with E-state index in [0.29, 0.717) is 10.0 Å². The van der Waals surface area contributed by atoms with Crippen molar-refractivity contribution in [3.05, 3.63) is 40.9 Å². The lowest BCUT2D eigenvalue weighted by Crippen LogP contribution is -2.13. The predicted molar refractivity (Wildman–Crippen MR) is 70.2 cm³/mol. The molecular formula is C12H9FN4OS. The number of pyridine rings is 1. The van der Waals surface area contributed by atoms with E-state index in [1.54, 1.807) is 0 Å². The van der Waals surface area contributed by atoms with Gasteiger partial charge in [0.15, 0.2) is 10.9 Å². The van der Waals surface area contributed by atoms with Gasteiger partial charge in [-0.2, -0.15) is 0 Å². The van der Waals surface area contributed by atoms with Gasteiger partial charge in [-0.3, -0.25) is 15.1 Å². The summed E-state index contributed by atoms with van der Waals surface area (Å²) in [5, 5.41) is 2.85. The maximum atomic E-state index is 13.3. The lowest BCUT2D eigenvalue weighted by molar-refractivity contribution is 0.102. The average molecular weight is 276 g/mol. The van der Waals surface area contributed by atoms with Crippen LogP contribution in [0.4, 0.5) is 9.52 Å². The molecule has 0 saturated carbocycles. The Morgan fingerprint density at radius 2 is 2.37 bits per heavy atom. The van der Waals surface area contributed by atoms with Crippen LogP contribution in [0.15, 0.2) is 24.7 Å². The molecular weight excluding hydrogens is 267 g/mol. The number of aromatic nitrogens is 2. The van der Waals surface area contributed by atoms with E-state index in [4.69, 9.17) is 5.73 Å². The molecule has 0 bridgehead atoms. The summed E-state index contributed by atoms with van der Waals surface area (Å²) in [4.78, 5) is 20.0. The number of carbonyl (C=O) groups excluding carboxylic acids is 1. The van der Waals surface area contributed by atoms with Gasteiger partial charge in [-0.05, 0) is 6.07 Å². The number of hydrogen-bond donors (Lipinski definition) is 2. The minimum Gasteiger partial charge on any atom is -0.320 e. The summed E-state index contributed by atoms with van der Waals surface area (Å²) in [7, 11) is 0. The molecule has 2 heterocycles. The van der Waals surface area contributed by atoms with E-state index in [2.05, 4.69) is 27.1 Å². The molecule has 0 saturated heterocycles. The molecule has 1 amide bonds. The third-order valence-electron chi connectivity index (χ3n) is 2.06. The number of anilines is 1. The summed E-state index contributed by atoms with van der Waals surface area (Å²) in [6, 6.07) is 1.30. The summed E-state index contributed by atoms with van der Waals surface area (Å²) < 4.78 is 13.3. The van der Waals surface area contributed by atoms with Crippen molar-refractivity contribution in [1.29, 1.82) is 0 Å². The molecule has 0 aliphatic rings. The van der Waals surface area contributed by atoms with Crippen LogP contribution in [0, 0.1) is 17.7 Å². The highest BCUT2D eigenvalue weighted by Crippen LogP contribution is 2.18. The van der Waals surface area contributed by atoms with Crippen LogP contribution in [0.5, 0.6) is 0 Å². The second kappa shape index (κ2) is 6.04. The molecule has 2 rings (SSSR count). The van der Waals surface area contributed by atoms with Gasteiger partial charge >= 0.3 is 0 Å². The van der Waals surface area contributed by atoms with E-state index in [9.17, 15) is 9.18 Å². The molecule has 19 heavy (non-hydrogen) atoms. The first-order chi connectivity index (χ1) is 9.20. The van der Waals surface area contributed by atoms with Gasteiger partial charge in [-0.1, -0.05) is 23.2 Å². The third kappa shape index (κ3) is 3.34. The van der Waals surface area contributed by atoms with E-state index >= 15 is 0 Å². The zero-order valence-electron chi connectivity index (χ0n) is 9.68. The Labute approximate surface area is 112 Å². The number of nitrogens with zero attached hydrogens (tertiary/aromatic N) is 2. The predicted octanol–water partition coefficient (Wildman–Crippen LogP) is 1.24. The molecule has 0 fully saturated rings. The van der Waals surface area contributed by atoms with E-state index in [1.165, 1.54) is 29.8 Å². The molecule has 0 unspecified atom stereocenters. The van der Waals surface area contributed by atoms with Crippen LogP contribution in [0.3, 0.4) is 0 Å². The Kier molecular flexibility index (Phi) is 4.18. The number of nitrogens with two attached hydrogens (primary N) is 1. The van der Waals surface area contributed by atoms with Crippen LogP contribution in [-0.2, 0) is 0 Å². The highest BCUT2D eigenvalue weighted by Gasteiger charge is 2.12. The van der Waals surface area contributed by atoms with Crippen molar-refractivity contribution in [2.45, 2.75) is 0 Å². The van der Waals surface area contributed by atoms with Crippen LogP contribution in [0.25, 0.3) is 0 Å². The average Bonchev–Trinajstić information content (AvgIpc) is 2.84. The maximum Gasteiger partial charge on any atom is 0.260 e. The number of amides is 1. The monoisotopic (exact) mass is 276 g/mol. The highest BCUT2D eigenvalue weighted by molar-refractivity contribution is 7.16. The van der Waals surface area contributed by atoms with E-state index in [1.807, 2.05) is 0 Å². The second-order valence-corrected chi connectivity index (χ2v) is 4.38. The fourth-order valence-electron chi connectivity index (χ4n) is 1.25. The zero-order valence-corrected chi connectivity index (χ0v) is 10.5. The molecule has 0 spiro atoms. The lowest BCUT2D eigenvalue weighted by Gasteiger charge is -2.01. The van der Waals surface area contributed by atoms with Gasteiger partial charge in [0, 0.05) is 6.20 Å². The number of nitrogens with one attached hydrogen (secondary N) is 1. The van der Waals surface area contributed by atoms with Gasteiger partial charge in [0.05, 0.1) is 29.4 Å². The van der Waals surface area contributed by atoms with Crippen LogP contribution >= 0.6 is 11.3 Å². The zero-order chi connectivity index (χ0) is 13.7. The largest absolute Gasteiger partial charge is 0.320 e. The maximum absolute atomic E-state index is 13.3. The van der Waals surface area contributed by atoms with Crippen LogP contribution in [0.1, 0.15) is 15.2 Å². The Hall–Kier alpha value is -2.30. The number of rotatable bonds is 2. The van der Waals surface area contributed by atoms with Crippen LogP contribution in [0.2, 0.25) is 0 Å². The molecule has 0 aromatic carbocycles. The number of halogens is 1. The van der Waals surface area contributed by atoms with Crippen molar-refractivity contribution >= 4 is 22.4 Å². The van der Waals surface area contributed by atoms with E-state index < -0.39 is 11.7 Å². The van der Waals surface area contributed by atoms with Crippen molar-refractivity contribution in [2.24, 2.45) is 5.73 Å². The third-order valence-corrected chi connectivity index (χ3v) is 2.89. The molecule has 5 nitrogen and oxygen atoms in total. The summed E-state index contributed by atoms with van der Waals surface area (Å²) in [6.45, 7) is 0.252. The number of carbonyl (C=O) groups is 1. The smallest absolute Gasteiger partial charge is 0.260 e.